The van der Waals surface area contributed by atoms with Crippen LogP contribution in [0.15, 0.2) is 12.4 Å². The summed E-state index contributed by atoms with van der Waals surface area (Å²) in [6.07, 6.45) is 6.93. The Labute approximate surface area is 78.4 Å². The predicted octanol–water partition coefficient (Wildman–Crippen LogP) is 1.06. The molecule has 1 atom stereocenters. The molecule has 1 saturated carbocycles. The summed E-state index contributed by atoms with van der Waals surface area (Å²) in [4.78, 5) is 8.48. The largest absolute Gasteiger partial charge is 0.327 e. The second-order valence-corrected chi connectivity index (χ2v) is 3.79. The summed E-state index contributed by atoms with van der Waals surface area (Å²) in [5, 5.41) is 0. The van der Waals surface area contributed by atoms with E-state index in [0.29, 0.717) is 0 Å². The molecule has 2 N–H and O–H groups in total. The molecule has 3 heteroatoms. The molecule has 1 aromatic heterocycles. The minimum Gasteiger partial charge on any atom is -0.327 e. The summed E-state index contributed by atoms with van der Waals surface area (Å²) in [5.41, 5.74) is 8.08. The predicted molar refractivity (Wildman–Crippen MR) is 51.2 cm³/mol. The van der Waals surface area contributed by atoms with Gasteiger partial charge in [0, 0.05) is 24.9 Å². The van der Waals surface area contributed by atoms with Gasteiger partial charge in [-0.05, 0) is 25.7 Å². The van der Waals surface area contributed by atoms with E-state index in [9.17, 15) is 0 Å². The van der Waals surface area contributed by atoms with Crippen LogP contribution >= 0.6 is 0 Å². The highest BCUT2D eigenvalue weighted by molar-refractivity contribution is 5.10. The Morgan fingerprint density at radius 2 is 2.15 bits per heavy atom. The van der Waals surface area contributed by atoms with E-state index in [2.05, 4.69) is 9.97 Å². The number of rotatable bonds is 3. The van der Waals surface area contributed by atoms with E-state index in [4.69, 9.17) is 5.73 Å². The van der Waals surface area contributed by atoms with E-state index in [1.165, 1.54) is 12.8 Å². The van der Waals surface area contributed by atoms with Gasteiger partial charge in [0.2, 0.25) is 0 Å². The van der Waals surface area contributed by atoms with E-state index >= 15 is 0 Å². The minimum absolute atomic E-state index is 0.287. The average Bonchev–Trinajstić information content (AvgIpc) is 2.91. The summed E-state index contributed by atoms with van der Waals surface area (Å²) in [6.45, 7) is 1.99. The molecule has 1 fully saturated rings. The van der Waals surface area contributed by atoms with E-state index in [1.54, 1.807) is 12.4 Å². The first-order valence-corrected chi connectivity index (χ1v) is 4.79. The summed E-state index contributed by atoms with van der Waals surface area (Å²) >= 11 is 0. The Bertz CT molecular complexity index is 294. The van der Waals surface area contributed by atoms with Gasteiger partial charge in [-0.2, -0.15) is 0 Å². The Hall–Kier alpha value is -0.960. The Morgan fingerprint density at radius 3 is 2.77 bits per heavy atom. The Balaban J connectivity index is 2.03. The second-order valence-electron chi connectivity index (χ2n) is 3.79. The van der Waals surface area contributed by atoms with Crippen LogP contribution < -0.4 is 5.73 Å². The second kappa shape index (κ2) is 3.42. The van der Waals surface area contributed by atoms with Gasteiger partial charge >= 0.3 is 0 Å². The highest BCUT2D eigenvalue weighted by Crippen LogP contribution is 2.32. The van der Waals surface area contributed by atoms with Crippen LogP contribution in [0.3, 0.4) is 0 Å². The highest BCUT2D eigenvalue weighted by Gasteiger charge is 2.28. The van der Waals surface area contributed by atoms with Gasteiger partial charge in [0.15, 0.2) is 0 Å². The van der Waals surface area contributed by atoms with Crippen LogP contribution in [0, 0.1) is 12.8 Å². The fraction of sp³-hybridized carbons (Fsp3) is 0.600. The van der Waals surface area contributed by atoms with E-state index in [1.807, 2.05) is 6.92 Å². The van der Waals surface area contributed by atoms with Gasteiger partial charge in [0.1, 0.15) is 0 Å². The number of nitrogens with zero attached hydrogens (tertiary/aromatic N) is 2. The number of hydrogen-bond donors (Lipinski definition) is 1. The molecule has 1 unspecified atom stereocenters. The van der Waals surface area contributed by atoms with E-state index in [-0.39, 0.29) is 6.04 Å². The van der Waals surface area contributed by atoms with Crippen molar-refractivity contribution in [1.82, 2.24) is 9.97 Å². The van der Waals surface area contributed by atoms with Crippen LogP contribution in [-0.2, 0) is 6.42 Å². The average molecular weight is 177 g/mol. The molecule has 0 aliphatic heterocycles. The van der Waals surface area contributed by atoms with Crippen LogP contribution in [0.2, 0.25) is 0 Å². The molecule has 0 spiro atoms. The SMILES string of the molecule is Cc1nccnc1CC(N)C1CC1. The van der Waals surface area contributed by atoms with Crippen molar-refractivity contribution in [2.24, 2.45) is 11.7 Å². The molecule has 0 saturated heterocycles. The van der Waals surface area contributed by atoms with Gasteiger partial charge in [-0.25, -0.2) is 0 Å². The van der Waals surface area contributed by atoms with Gasteiger partial charge in [0.05, 0.1) is 11.4 Å². The van der Waals surface area contributed by atoms with Crippen LogP contribution in [0.25, 0.3) is 0 Å². The summed E-state index contributed by atoms with van der Waals surface area (Å²) in [7, 11) is 0. The van der Waals surface area contributed by atoms with Gasteiger partial charge in [-0.1, -0.05) is 0 Å². The first-order chi connectivity index (χ1) is 6.27. The molecule has 2 rings (SSSR count). The quantitative estimate of drug-likeness (QED) is 0.751. The van der Waals surface area contributed by atoms with Crippen molar-refractivity contribution in [1.29, 1.82) is 0 Å². The van der Waals surface area contributed by atoms with Gasteiger partial charge in [0.25, 0.3) is 0 Å². The van der Waals surface area contributed by atoms with Crippen molar-refractivity contribution in [3.63, 3.8) is 0 Å². The molecule has 70 valence electrons. The lowest BCUT2D eigenvalue weighted by molar-refractivity contribution is 0.580. The number of hydrogen-bond acceptors (Lipinski definition) is 3. The zero-order chi connectivity index (χ0) is 9.26. The molecule has 0 radical (unpaired) electrons. The van der Waals surface area contributed by atoms with Crippen LogP contribution in [0.4, 0.5) is 0 Å². The van der Waals surface area contributed by atoms with Gasteiger partial charge < -0.3 is 5.73 Å². The third-order valence-corrected chi connectivity index (χ3v) is 2.64. The number of aryl methyl sites for hydroxylation is 1. The van der Waals surface area contributed by atoms with Gasteiger partial charge in [-0.15, -0.1) is 0 Å². The van der Waals surface area contributed by atoms with Crippen molar-refractivity contribution < 1.29 is 0 Å². The first kappa shape index (κ1) is 8.63. The number of aromatic nitrogens is 2. The maximum atomic E-state index is 6.01. The lowest BCUT2D eigenvalue weighted by Gasteiger charge is -2.10. The Kier molecular flexibility index (Phi) is 2.27. The summed E-state index contributed by atoms with van der Waals surface area (Å²) in [6, 6.07) is 0.287. The molecule has 1 heterocycles. The summed E-state index contributed by atoms with van der Waals surface area (Å²) in [5.74, 6) is 0.737. The minimum atomic E-state index is 0.287. The van der Waals surface area contributed by atoms with Crippen LogP contribution in [0.5, 0.6) is 0 Å². The Morgan fingerprint density at radius 1 is 1.46 bits per heavy atom. The molecule has 0 amide bonds. The fourth-order valence-electron chi connectivity index (χ4n) is 1.55. The van der Waals surface area contributed by atoms with Crippen molar-refractivity contribution >= 4 is 0 Å². The molecule has 0 bridgehead atoms. The molecule has 3 nitrogen and oxygen atoms in total. The standard InChI is InChI=1S/C10H15N3/c1-7-10(13-5-4-12-7)6-9(11)8-2-3-8/h4-5,8-9H,2-3,6,11H2,1H3. The smallest absolute Gasteiger partial charge is 0.0631 e. The molecule has 1 aliphatic carbocycles. The van der Waals surface area contributed by atoms with Crippen molar-refractivity contribution in [2.45, 2.75) is 32.2 Å². The van der Waals surface area contributed by atoms with Crippen molar-refractivity contribution in [3.05, 3.63) is 23.8 Å². The monoisotopic (exact) mass is 177 g/mol. The summed E-state index contributed by atoms with van der Waals surface area (Å²) < 4.78 is 0. The van der Waals surface area contributed by atoms with Gasteiger partial charge in [-0.3, -0.25) is 9.97 Å². The first-order valence-electron chi connectivity index (χ1n) is 4.79. The lowest BCUT2D eigenvalue weighted by Crippen LogP contribution is -2.26. The topological polar surface area (TPSA) is 51.8 Å². The highest BCUT2D eigenvalue weighted by atomic mass is 14.8. The molecule has 13 heavy (non-hydrogen) atoms. The number of nitrogens with two attached hydrogens (primary N) is 1. The normalized spacial score (nSPS) is 18.6. The van der Waals surface area contributed by atoms with Crippen LogP contribution in [0.1, 0.15) is 24.2 Å². The zero-order valence-electron chi connectivity index (χ0n) is 7.90. The van der Waals surface area contributed by atoms with E-state index < -0.39 is 0 Å². The van der Waals surface area contributed by atoms with Crippen molar-refractivity contribution in [3.8, 4) is 0 Å². The lowest BCUT2D eigenvalue weighted by atomic mass is 10.1. The third kappa shape index (κ3) is 2.04. The molecular formula is C10H15N3. The fourth-order valence-corrected chi connectivity index (χ4v) is 1.55. The maximum Gasteiger partial charge on any atom is 0.0631 e. The van der Waals surface area contributed by atoms with Crippen molar-refractivity contribution in [2.75, 3.05) is 0 Å². The molecule has 1 aliphatic rings. The molecular weight excluding hydrogens is 162 g/mol. The molecule has 0 aromatic carbocycles. The van der Waals surface area contributed by atoms with Crippen LogP contribution in [-0.4, -0.2) is 16.0 Å². The molecule has 1 aromatic rings. The zero-order valence-corrected chi connectivity index (χ0v) is 7.90. The third-order valence-electron chi connectivity index (χ3n) is 2.64. The maximum absolute atomic E-state index is 6.01. The van der Waals surface area contributed by atoms with E-state index in [0.717, 1.165) is 23.7 Å².